The Hall–Kier alpha value is -0.910. The summed E-state index contributed by atoms with van der Waals surface area (Å²) in [5.74, 6) is -0.359. The van der Waals surface area contributed by atoms with Crippen molar-refractivity contribution in [2.75, 3.05) is 39.6 Å². The predicted octanol–water partition coefficient (Wildman–Crippen LogP) is 0.767. The molecule has 0 saturated heterocycles. The maximum Gasteiger partial charge on any atom is 0.330 e. The van der Waals surface area contributed by atoms with Gasteiger partial charge in [0.1, 0.15) is 0 Å². The van der Waals surface area contributed by atoms with Gasteiger partial charge in [0.2, 0.25) is 0 Å². The van der Waals surface area contributed by atoms with E-state index in [0.29, 0.717) is 26.4 Å². The van der Waals surface area contributed by atoms with E-state index in [0.717, 1.165) is 12.7 Å². The normalized spacial score (nSPS) is 8.94. The lowest BCUT2D eigenvalue weighted by atomic mass is 10.6. The molecule has 0 bridgehead atoms. The highest BCUT2D eigenvalue weighted by Gasteiger charge is 1.86. The second-order valence-corrected chi connectivity index (χ2v) is 2.49. The number of esters is 1. The van der Waals surface area contributed by atoms with Gasteiger partial charge in [-0.15, -0.1) is 0 Å². The Morgan fingerprint density at radius 3 is 2.19 bits per heavy atom. The van der Waals surface area contributed by atoms with Crippen molar-refractivity contribution in [3.8, 4) is 0 Å². The second-order valence-electron chi connectivity index (χ2n) is 2.49. The van der Waals surface area contributed by atoms with Crippen molar-refractivity contribution in [2.24, 2.45) is 0 Å². The maximum atomic E-state index is 10.1. The molecular formula is C11H22O5. The number of carbonyl (C=O) groups is 1. The third kappa shape index (κ3) is 18.8. The highest BCUT2D eigenvalue weighted by molar-refractivity contribution is 5.81. The number of hydrogen-bond donors (Lipinski definition) is 1. The van der Waals surface area contributed by atoms with E-state index in [1.807, 2.05) is 6.92 Å². The minimum atomic E-state index is -0.359. The molecule has 0 aliphatic rings. The Labute approximate surface area is 97.0 Å². The maximum absolute atomic E-state index is 10.1. The molecule has 1 N–H and O–H groups in total. The van der Waals surface area contributed by atoms with Crippen LogP contribution in [-0.2, 0) is 19.0 Å². The molecule has 0 aliphatic carbocycles. The van der Waals surface area contributed by atoms with Crippen LogP contribution in [0.15, 0.2) is 12.7 Å². The van der Waals surface area contributed by atoms with Gasteiger partial charge in [-0.05, 0) is 13.8 Å². The fourth-order valence-corrected chi connectivity index (χ4v) is 0.630. The SMILES string of the molecule is C=CC(=O)OCC.CCOCCOCCO. The first kappa shape index (κ1) is 17.5. The number of hydrogen-bond acceptors (Lipinski definition) is 5. The molecule has 5 nitrogen and oxygen atoms in total. The number of ether oxygens (including phenoxy) is 3. The number of aliphatic hydroxyl groups excluding tert-OH is 1. The standard InChI is InChI=1S/C6H14O3.C5H8O2/c1-2-8-5-6-9-4-3-7;1-3-5(6)7-4-2/h7H,2-6H2,1H3;3H,1,4H2,2H3. The Morgan fingerprint density at radius 2 is 1.81 bits per heavy atom. The zero-order valence-corrected chi connectivity index (χ0v) is 10.1. The second kappa shape index (κ2) is 16.5. The molecule has 0 aromatic carbocycles. The van der Waals surface area contributed by atoms with Crippen molar-refractivity contribution in [3.05, 3.63) is 12.7 Å². The fourth-order valence-electron chi connectivity index (χ4n) is 0.630. The first-order valence-corrected chi connectivity index (χ1v) is 5.28. The topological polar surface area (TPSA) is 65.0 Å². The van der Waals surface area contributed by atoms with Crippen LogP contribution in [0.2, 0.25) is 0 Å². The molecule has 0 unspecified atom stereocenters. The molecule has 0 aliphatic heterocycles. The van der Waals surface area contributed by atoms with E-state index in [2.05, 4.69) is 11.3 Å². The summed E-state index contributed by atoms with van der Waals surface area (Å²) in [7, 11) is 0. The summed E-state index contributed by atoms with van der Waals surface area (Å²) in [5.41, 5.74) is 0. The van der Waals surface area contributed by atoms with E-state index >= 15 is 0 Å². The van der Waals surface area contributed by atoms with Gasteiger partial charge in [-0.3, -0.25) is 0 Å². The lowest BCUT2D eigenvalue weighted by molar-refractivity contribution is -0.137. The molecule has 0 atom stereocenters. The molecule has 0 heterocycles. The van der Waals surface area contributed by atoms with E-state index in [4.69, 9.17) is 14.6 Å². The van der Waals surface area contributed by atoms with Crippen LogP contribution in [0.5, 0.6) is 0 Å². The Balaban J connectivity index is 0. The Morgan fingerprint density at radius 1 is 1.19 bits per heavy atom. The van der Waals surface area contributed by atoms with Crippen molar-refractivity contribution in [2.45, 2.75) is 13.8 Å². The summed E-state index contributed by atoms with van der Waals surface area (Å²) in [5, 5.41) is 8.26. The van der Waals surface area contributed by atoms with Gasteiger partial charge in [-0.25, -0.2) is 4.79 Å². The Kier molecular flexibility index (Phi) is 18.0. The van der Waals surface area contributed by atoms with Gasteiger partial charge in [-0.1, -0.05) is 6.58 Å². The van der Waals surface area contributed by atoms with Gasteiger partial charge in [0.05, 0.1) is 33.0 Å². The number of rotatable bonds is 8. The van der Waals surface area contributed by atoms with Crippen LogP contribution in [-0.4, -0.2) is 50.7 Å². The first-order valence-electron chi connectivity index (χ1n) is 5.28. The van der Waals surface area contributed by atoms with Gasteiger partial charge in [-0.2, -0.15) is 0 Å². The van der Waals surface area contributed by atoms with Gasteiger partial charge >= 0.3 is 5.97 Å². The van der Waals surface area contributed by atoms with Crippen molar-refractivity contribution < 1.29 is 24.1 Å². The summed E-state index contributed by atoms with van der Waals surface area (Å²) in [6, 6.07) is 0. The lowest BCUT2D eigenvalue weighted by Crippen LogP contribution is -2.06. The minimum Gasteiger partial charge on any atom is -0.463 e. The molecule has 0 saturated carbocycles. The number of aliphatic hydroxyl groups is 1. The summed E-state index contributed by atoms with van der Waals surface area (Å²) in [6.07, 6.45) is 1.14. The van der Waals surface area contributed by atoms with Crippen molar-refractivity contribution in [1.82, 2.24) is 0 Å². The zero-order valence-electron chi connectivity index (χ0n) is 10.1. The summed E-state index contributed by atoms with van der Waals surface area (Å²) < 4.78 is 14.3. The molecule has 0 rings (SSSR count). The zero-order chi connectivity index (χ0) is 12.6. The quantitative estimate of drug-likeness (QED) is 0.382. The molecule has 0 radical (unpaired) electrons. The number of carbonyl (C=O) groups excluding carboxylic acids is 1. The van der Waals surface area contributed by atoms with Gasteiger partial charge in [0.15, 0.2) is 0 Å². The smallest absolute Gasteiger partial charge is 0.330 e. The van der Waals surface area contributed by atoms with E-state index < -0.39 is 0 Å². The highest BCUT2D eigenvalue weighted by Crippen LogP contribution is 1.76. The Bertz CT molecular complexity index is 152. The summed E-state index contributed by atoms with van der Waals surface area (Å²) in [6.45, 7) is 9.74. The molecule has 16 heavy (non-hydrogen) atoms. The van der Waals surface area contributed by atoms with Crippen molar-refractivity contribution >= 4 is 5.97 Å². The lowest BCUT2D eigenvalue weighted by Gasteiger charge is -2.00. The van der Waals surface area contributed by atoms with E-state index in [1.165, 1.54) is 0 Å². The monoisotopic (exact) mass is 234 g/mol. The largest absolute Gasteiger partial charge is 0.463 e. The van der Waals surface area contributed by atoms with Gasteiger partial charge < -0.3 is 19.3 Å². The van der Waals surface area contributed by atoms with Crippen LogP contribution in [0.4, 0.5) is 0 Å². The van der Waals surface area contributed by atoms with Crippen LogP contribution in [0.1, 0.15) is 13.8 Å². The average molecular weight is 234 g/mol. The molecule has 5 heteroatoms. The van der Waals surface area contributed by atoms with E-state index in [1.54, 1.807) is 6.92 Å². The van der Waals surface area contributed by atoms with Crippen molar-refractivity contribution in [3.63, 3.8) is 0 Å². The van der Waals surface area contributed by atoms with E-state index in [9.17, 15) is 4.79 Å². The summed E-state index contributed by atoms with van der Waals surface area (Å²) in [4.78, 5) is 10.1. The average Bonchev–Trinajstić information content (AvgIpc) is 2.30. The fraction of sp³-hybridized carbons (Fsp3) is 0.727. The summed E-state index contributed by atoms with van der Waals surface area (Å²) >= 11 is 0. The van der Waals surface area contributed by atoms with Gasteiger partial charge in [0, 0.05) is 12.7 Å². The van der Waals surface area contributed by atoms with Gasteiger partial charge in [0.25, 0.3) is 0 Å². The van der Waals surface area contributed by atoms with Crippen LogP contribution >= 0.6 is 0 Å². The van der Waals surface area contributed by atoms with E-state index in [-0.39, 0.29) is 12.6 Å². The molecular weight excluding hydrogens is 212 g/mol. The minimum absolute atomic E-state index is 0.0894. The highest BCUT2D eigenvalue weighted by atomic mass is 16.5. The third-order valence-electron chi connectivity index (χ3n) is 1.27. The molecule has 0 fully saturated rings. The molecule has 0 aromatic rings. The first-order chi connectivity index (χ1) is 7.72. The molecule has 96 valence electrons. The van der Waals surface area contributed by atoms with Crippen LogP contribution in [0.25, 0.3) is 0 Å². The van der Waals surface area contributed by atoms with Crippen molar-refractivity contribution in [1.29, 1.82) is 0 Å². The van der Waals surface area contributed by atoms with Crippen LogP contribution < -0.4 is 0 Å². The third-order valence-corrected chi connectivity index (χ3v) is 1.27. The molecule has 0 aromatic heterocycles. The molecule has 0 spiro atoms. The van der Waals surface area contributed by atoms with Crippen LogP contribution in [0.3, 0.4) is 0 Å². The predicted molar refractivity (Wildman–Crippen MR) is 61.2 cm³/mol. The molecule has 0 amide bonds. The van der Waals surface area contributed by atoms with Crippen LogP contribution in [0, 0.1) is 0 Å².